The molecule has 150 valence electrons. The van der Waals surface area contributed by atoms with Crippen LogP contribution >= 0.6 is 11.3 Å². The Morgan fingerprint density at radius 3 is 2.38 bits per heavy atom. The van der Waals surface area contributed by atoms with Gasteiger partial charge in [-0.2, -0.15) is 0 Å². The maximum atomic E-state index is 13.1. The standard InChI is InChI=1S/C20H19F2N5OS/c1-13-18(29-20(24-13)25-17-7-4-15(22)12-23-17)19(28)27-10-8-26(9-11-27)16-5-2-14(21)3-6-16/h2-7,12H,8-11H2,1H3,(H,23,24,25). The average Bonchev–Trinajstić information content (AvgIpc) is 3.10. The molecule has 0 radical (unpaired) electrons. The molecule has 9 heteroatoms. The van der Waals surface area contributed by atoms with Gasteiger partial charge in [-0.1, -0.05) is 11.3 Å². The molecule has 0 spiro atoms. The molecule has 0 saturated carbocycles. The molecule has 6 nitrogen and oxygen atoms in total. The van der Waals surface area contributed by atoms with Crippen LogP contribution in [0, 0.1) is 18.6 Å². The van der Waals surface area contributed by atoms with Crippen molar-refractivity contribution in [3.63, 3.8) is 0 Å². The highest BCUT2D eigenvalue weighted by atomic mass is 32.1. The van der Waals surface area contributed by atoms with Gasteiger partial charge in [0.1, 0.15) is 22.3 Å². The Bertz CT molecular complexity index is 999. The first-order valence-electron chi connectivity index (χ1n) is 9.15. The number of amides is 1. The quantitative estimate of drug-likeness (QED) is 0.702. The Morgan fingerprint density at radius 1 is 1.03 bits per heavy atom. The number of hydrogen-bond acceptors (Lipinski definition) is 6. The maximum absolute atomic E-state index is 13.1. The van der Waals surface area contributed by atoms with Crippen molar-refractivity contribution in [2.24, 2.45) is 0 Å². The molecule has 0 unspecified atom stereocenters. The number of piperazine rings is 1. The Hall–Kier alpha value is -3.07. The zero-order chi connectivity index (χ0) is 20.4. The van der Waals surface area contributed by atoms with Crippen LogP contribution in [0.5, 0.6) is 0 Å². The second kappa shape index (κ2) is 8.12. The monoisotopic (exact) mass is 415 g/mol. The number of aromatic nitrogens is 2. The van der Waals surface area contributed by atoms with Crippen molar-refractivity contribution in [3.05, 3.63) is 64.8 Å². The lowest BCUT2D eigenvalue weighted by Crippen LogP contribution is -2.48. The predicted molar refractivity (Wildman–Crippen MR) is 109 cm³/mol. The molecule has 29 heavy (non-hydrogen) atoms. The van der Waals surface area contributed by atoms with Crippen LogP contribution in [0.15, 0.2) is 42.6 Å². The van der Waals surface area contributed by atoms with Gasteiger partial charge in [-0.25, -0.2) is 18.7 Å². The first-order chi connectivity index (χ1) is 14.0. The van der Waals surface area contributed by atoms with E-state index >= 15 is 0 Å². The zero-order valence-electron chi connectivity index (χ0n) is 15.7. The molecule has 1 amide bonds. The topological polar surface area (TPSA) is 61.4 Å². The molecule has 0 aliphatic carbocycles. The number of nitrogens with zero attached hydrogens (tertiary/aromatic N) is 4. The predicted octanol–water partition coefficient (Wildman–Crippen LogP) is 3.83. The van der Waals surface area contributed by atoms with E-state index in [4.69, 9.17) is 0 Å². The van der Waals surface area contributed by atoms with Gasteiger partial charge in [-0.3, -0.25) is 4.79 Å². The Kier molecular flexibility index (Phi) is 5.39. The number of halogens is 2. The minimum Gasteiger partial charge on any atom is -0.368 e. The fourth-order valence-electron chi connectivity index (χ4n) is 3.17. The Labute approximate surface area is 170 Å². The SMILES string of the molecule is Cc1nc(Nc2ccc(F)cn2)sc1C(=O)N1CCN(c2ccc(F)cc2)CC1. The lowest BCUT2D eigenvalue weighted by Gasteiger charge is -2.36. The second-order valence-electron chi connectivity index (χ2n) is 6.68. The van der Waals surface area contributed by atoms with Crippen molar-refractivity contribution < 1.29 is 13.6 Å². The lowest BCUT2D eigenvalue weighted by molar-refractivity contribution is 0.0750. The summed E-state index contributed by atoms with van der Waals surface area (Å²) in [7, 11) is 0. The van der Waals surface area contributed by atoms with Gasteiger partial charge >= 0.3 is 0 Å². The number of aryl methyl sites for hydroxylation is 1. The highest BCUT2D eigenvalue weighted by Gasteiger charge is 2.25. The molecule has 3 heterocycles. The van der Waals surface area contributed by atoms with E-state index in [1.807, 2.05) is 0 Å². The van der Waals surface area contributed by atoms with Gasteiger partial charge in [0.15, 0.2) is 5.13 Å². The molecule has 1 saturated heterocycles. The minimum atomic E-state index is -0.415. The van der Waals surface area contributed by atoms with Crippen LogP contribution in [0.2, 0.25) is 0 Å². The van der Waals surface area contributed by atoms with E-state index < -0.39 is 5.82 Å². The summed E-state index contributed by atoms with van der Waals surface area (Å²) in [6, 6.07) is 9.21. The van der Waals surface area contributed by atoms with Crippen LogP contribution in [0.3, 0.4) is 0 Å². The first-order valence-corrected chi connectivity index (χ1v) is 9.97. The van der Waals surface area contributed by atoms with Gasteiger partial charge in [0, 0.05) is 31.9 Å². The Balaban J connectivity index is 1.40. The third kappa shape index (κ3) is 4.34. The number of pyridine rings is 1. The molecule has 1 aliphatic heterocycles. The van der Waals surface area contributed by atoms with E-state index in [9.17, 15) is 13.6 Å². The average molecular weight is 415 g/mol. The van der Waals surface area contributed by atoms with Gasteiger partial charge in [0.2, 0.25) is 0 Å². The van der Waals surface area contributed by atoms with Gasteiger partial charge < -0.3 is 15.1 Å². The summed E-state index contributed by atoms with van der Waals surface area (Å²) in [4.78, 5) is 25.8. The van der Waals surface area contributed by atoms with Gasteiger partial charge in [-0.05, 0) is 43.3 Å². The van der Waals surface area contributed by atoms with E-state index in [1.54, 1.807) is 24.0 Å². The third-order valence-electron chi connectivity index (χ3n) is 4.71. The van der Waals surface area contributed by atoms with E-state index in [-0.39, 0.29) is 11.7 Å². The minimum absolute atomic E-state index is 0.0566. The maximum Gasteiger partial charge on any atom is 0.266 e. The van der Waals surface area contributed by atoms with Crippen molar-refractivity contribution in [1.29, 1.82) is 0 Å². The first kappa shape index (κ1) is 19.3. The van der Waals surface area contributed by atoms with E-state index in [1.165, 1.54) is 35.6 Å². The summed E-state index contributed by atoms with van der Waals surface area (Å²) in [6.07, 6.45) is 1.12. The molecule has 3 aromatic rings. The van der Waals surface area contributed by atoms with Crippen molar-refractivity contribution >= 4 is 33.9 Å². The van der Waals surface area contributed by atoms with E-state index in [2.05, 4.69) is 20.2 Å². The molecule has 0 atom stereocenters. The summed E-state index contributed by atoms with van der Waals surface area (Å²) >= 11 is 1.26. The number of rotatable bonds is 4. The molecule has 2 aromatic heterocycles. The molecular weight excluding hydrogens is 396 g/mol. The second-order valence-corrected chi connectivity index (χ2v) is 7.67. The van der Waals surface area contributed by atoms with Crippen LogP contribution in [0.25, 0.3) is 0 Å². The lowest BCUT2D eigenvalue weighted by atomic mass is 10.2. The van der Waals surface area contributed by atoms with Crippen molar-refractivity contribution in [2.75, 3.05) is 36.4 Å². The van der Waals surface area contributed by atoms with Gasteiger partial charge in [0.05, 0.1) is 11.9 Å². The summed E-state index contributed by atoms with van der Waals surface area (Å²) in [5, 5.41) is 3.54. The van der Waals surface area contributed by atoms with Gasteiger partial charge in [0.25, 0.3) is 5.91 Å². The number of anilines is 3. The summed E-state index contributed by atoms with van der Waals surface area (Å²) in [5.74, 6) is -0.268. The number of hydrogen-bond donors (Lipinski definition) is 1. The number of nitrogens with one attached hydrogen (secondary N) is 1. The van der Waals surface area contributed by atoms with E-state index in [0.717, 1.165) is 11.9 Å². The van der Waals surface area contributed by atoms with Crippen LogP contribution in [-0.2, 0) is 0 Å². The molecular formula is C20H19F2N5OS. The number of carbonyl (C=O) groups excluding carboxylic acids is 1. The van der Waals surface area contributed by atoms with Crippen molar-refractivity contribution in [3.8, 4) is 0 Å². The molecule has 1 fully saturated rings. The highest BCUT2D eigenvalue weighted by Crippen LogP contribution is 2.27. The fourth-order valence-corrected chi connectivity index (χ4v) is 4.11. The smallest absolute Gasteiger partial charge is 0.266 e. The number of benzene rings is 1. The highest BCUT2D eigenvalue weighted by molar-refractivity contribution is 7.17. The van der Waals surface area contributed by atoms with Crippen molar-refractivity contribution in [2.45, 2.75) is 6.92 Å². The number of carbonyl (C=O) groups is 1. The molecule has 0 bridgehead atoms. The summed E-state index contributed by atoms with van der Waals surface area (Å²) in [5.41, 5.74) is 1.59. The molecule has 1 aliphatic rings. The largest absolute Gasteiger partial charge is 0.368 e. The Morgan fingerprint density at radius 2 is 1.72 bits per heavy atom. The van der Waals surface area contributed by atoms with Crippen LogP contribution in [-0.4, -0.2) is 47.0 Å². The fraction of sp³-hybridized carbons (Fsp3) is 0.250. The van der Waals surface area contributed by atoms with E-state index in [0.29, 0.717) is 47.7 Å². The van der Waals surface area contributed by atoms with Crippen LogP contribution < -0.4 is 10.2 Å². The molecule has 1 N–H and O–H groups in total. The van der Waals surface area contributed by atoms with Crippen LogP contribution in [0.4, 0.5) is 25.4 Å². The third-order valence-corrected chi connectivity index (χ3v) is 5.77. The summed E-state index contributed by atoms with van der Waals surface area (Å²) in [6.45, 7) is 4.31. The molecule has 1 aromatic carbocycles. The van der Waals surface area contributed by atoms with Crippen molar-refractivity contribution in [1.82, 2.24) is 14.9 Å². The molecule has 4 rings (SSSR count). The normalized spacial score (nSPS) is 14.2. The number of thiazole rings is 1. The van der Waals surface area contributed by atoms with Crippen LogP contribution in [0.1, 0.15) is 15.4 Å². The zero-order valence-corrected chi connectivity index (χ0v) is 16.5. The van der Waals surface area contributed by atoms with Gasteiger partial charge in [-0.15, -0.1) is 0 Å². The summed E-state index contributed by atoms with van der Waals surface area (Å²) < 4.78 is 26.1.